The third-order valence-electron chi connectivity index (χ3n) is 3.39. The van der Waals surface area contributed by atoms with E-state index in [0.717, 1.165) is 6.29 Å². The average molecular weight is 212 g/mol. The lowest BCUT2D eigenvalue weighted by Crippen LogP contribution is -2.54. The fourth-order valence-electron chi connectivity index (χ4n) is 2.51. The molecular weight excluding hydrogens is 196 g/mol. The third-order valence-corrected chi connectivity index (χ3v) is 3.39. The smallest absolute Gasteiger partial charge is 0.205 e. The van der Waals surface area contributed by atoms with Crippen LogP contribution in [0.4, 0.5) is 0 Å². The van der Waals surface area contributed by atoms with Crippen molar-refractivity contribution >= 4 is 6.29 Å². The van der Waals surface area contributed by atoms with Gasteiger partial charge in [0.1, 0.15) is 12.0 Å². The van der Waals surface area contributed by atoms with E-state index in [9.17, 15) is 4.79 Å². The van der Waals surface area contributed by atoms with Gasteiger partial charge in [-0.15, -0.1) is 0 Å². The number of fused-ring (bicyclic) bond motifs is 3. The van der Waals surface area contributed by atoms with E-state index in [0.29, 0.717) is 18.1 Å². The Balaban J connectivity index is 2.20. The molecule has 4 nitrogen and oxygen atoms in total. The largest absolute Gasteiger partial charge is 0.469 e. The number of ether oxygens (including phenoxy) is 3. The van der Waals surface area contributed by atoms with Crippen LogP contribution in [0.1, 0.15) is 13.3 Å². The van der Waals surface area contributed by atoms with Crippen LogP contribution in [0.2, 0.25) is 0 Å². The molecule has 3 fully saturated rings. The van der Waals surface area contributed by atoms with Crippen molar-refractivity contribution in [3.8, 4) is 0 Å². The lowest BCUT2D eigenvalue weighted by Gasteiger charge is -2.50. The van der Waals surface area contributed by atoms with E-state index in [-0.39, 0.29) is 24.4 Å². The number of carbonyl (C=O) groups is 1. The Morgan fingerprint density at radius 3 is 2.87 bits per heavy atom. The van der Waals surface area contributed by atoms with Crippen LogP contribution in [0.25, 0.3) is 0 Å². The van der Waals surface area contributed by atoms with Crippen LogP contribution < -0.4 is 0 Å². The predicted octanol–water partition coefficient (Wildman–Crippen LogP) is 1.32. The summed E-state index contributed by atoms with van der Waals surface area (Å²) in [6.45, 7) is 5.96. The monoisotopic (exact) mass is 212 g/mol. The minimum absolute atomic E-state index is 0.0324. The molecule has 3 heterocycles. The summed E-state index contributed by atoms with van der Waals surface area (Å²) in [5, 5.41) is 0. The number of carbonyl (C=O) groups excluding carboxylic acids is 1. The second-order valence-electron chi connectivity index (χ2n) is 4.14. The first kappa shape index (κ1) is 10.6. The fourth-order valence-corrected chi connectivity index (χ4v) is 2.51. The molecule has 3 aliphatic rings. The van der Waals surface area contributed by atoms with Crippen molar-refractivity contribution < 1.29 is 19.0 Å². The van der Waals surface area contributed by atoms with Gasteiger partial charge in [0.2, 0.25) is 6.29 Å². The van der Waals surface area contributed by atoms with Crippen molar-refractivity contribution in [1.29, 1.82) is 0 Å². The zero-order valence-corrected chi connectivity index (χ0v) is 9.01. The van der Waals surface area contributed by atoms with Gasteiger partial charge < -0.3 is 19.0 Å². The molecule has 0 aromatic rings. The first-order valence-corrected chi connectivity index (χ1v) is 5.16. The van der Waals surface area contributed by atoms with Gasteiger partial charge in [0.05, 0.1) is 5.92 Å². The van der Waals surface area contributed by atoms with Crippen LogP contribution in [-0.2, 0) is 19.0 Å². The number of rotatable bonds is 3. The Morgan fingerprint density at radius 1 is 1.60 bits per heavy atom. The lowest BCUT2D eigenvalue weighted by atomic mass is 9.75. The average Bonchev–Trinajstić information content (AvgIpc) is 2.22. The molecule has 4 heteroatoms. The Labute approximate surface area is 89.2 Å². The van der Waals surface area contributed by atoms with Crippen LogP contribution in [0.5, 0.6) is 0 Å². The molecule has 3 rings (SSSR count). The number of hydrogen-bond acceptors (Lipinski definition) is 4. The summed E-state index contributed by atoms with van der Waals surface area (Å²) >= 11 is 0. The predicted molar refractivity (Wildman–Crippen MR) is 52.7 cm³/mol. The van der Waals surface area contributed by atoms with E-state index in [1.165, 1.54) is 0 Å². The van der Waals surface area contributed by atoms with Crippen molar-refractivity contribution in [2.75, 3.05) is 7.11 Å². The normalized spacial score (nSPS) is 43.9. The molecular formula is C11H16O4. The molecule has 0 spiro atoms. The third kappa shape index (κ3) is 1.58. The molecule has 0 unspecified atom stereocenters. The highest BCUT2D eigenvalue weighted by molar-refractivity contribution is 5.50. The maximum Gasteiger partial charge on any atom is 0.205 e. The maximum atomic E-state index is 10.6. The van der Waals surface area contributed by atoms with Crippen LogP contribution >= 0.6 is 0 Å². The standard InChI is InChI=1S/C11H16O4/c1-6-8(4-5-12)10-14-7(2)9(6)11(13-3)15-10/h5-6,8-11H,2,4H2,1,3H3/t6-,8-,9+,10-,11-/m1/s1. The molecule has 3 aliphatic heterocycles. The van der Waals surface area contributed by atoms with Gasteiger partial charge in [-0.25, -0.2) is 0 Å². The van der Waals surface area contributed by atoms with E-state index in [2.05, 4.69) is 13.5 Å². The Bertz CT molecular complexity index is 274. The second-order valence-corrected chi connectivity index (χ2v) is 4.14. The van der Waals surface area contributed by atoms with Crippen LogP contribution in [0.15, 0.2) is 12.3 Å². The van der Waals surface area contributed by atoms with Gasteiger partial charge in [-0.3, -0.25) is 0 Å². The summed E-state index contributed by atoms with van der Waals surface area (Å²) in [5.41, 5.74) is 0. The first-order valence-electron chi connectivity index (χ1n) is 5.16. The second kappa shape index (κ2) is 3.94. The molecule has 0 aromatic heterocycles. The summed E-state index contributed by atoms with van der Waals surface area (Å²) in [6.07, 6.45) is 0.715. The van der Waals surface area contributed by atoms with Gasteiger partial charge in [-0.1, -0.05) is 13.5 Å². The highest BCUT2D eigenvalue weighted by atomic mass is 16.8. The molecule has 0 aromatic carbocycles. The van der Waals surface area contributed by atoms with Crippen molar-refractivity contribution in [3.05, 3.63) is 12.3 Å². The van der Waals surface area contributed by atoms with Crippen molar-refractivity contribution in [3.63, 3.8) is 0 Å². The van der Waals surface area contributed by atoms with Gasteiger partial charge in [0.15, 0.2) is 6.29 Å². The first-order chi connectivity index (χ1) is 7.19. The van der Waals surface area contributed by atoms with Gasteiger partial charge in [0, 0.05) is 19.4 Å². The molecule has 84 valence electrons. The SMILES string of the molecule is C=C1O[C@@H]2O[C@@H](OC)[C@H]1[C@H](C)[C@H]2CC=O. The summed E-state index contributed by atoms with van der Waals surface area (Å²) in [7, 11) is 1.61. The molecule has 0 radical (unpaired) electrons. The molecule has 0 aliphatic carbocycles. The number of aldehydes is 1. The van der Waals surface area contributed by atoms with Gasteiger partial charge >= 0.3 is 0 Å². The quantitative estimate of drug-likeness (QED) is 0.662. The van der Waals surface area contributed by atoms with E-state index in [1.54, 1.807) is 7.11 Å². The molecule has 5 atom stereocenters. The summed E-state index contributed by atoms with van der Waals surface area (Å²) in [5.74, 6) is 1.17. The van der Waals surface area contributed by atoms with E-state index < -0.39 is 0 Å². The van der Waals surface area contributed by atoms with Crippen LogP contribution in [0.3, 0.4) is 0 Å². The summed E-state index contributed by atoms with van der Waals surface area (Å²) in [6, 6.07) is 0. The highest BCUT2D eigenvalue weighted by Gasteiger charge is 2.51. The van der Waals surface area contributed by atoms with Crippen LogP contribution in [-0.4, -0.2) is 26.0 Å². The highest BCUT2D eigenvalue weighted by Crippen LogP contribution is 2.46. The fraction of sp³-hybridized carbons (Fsp3) is 0.727. The molecule has 0 saturated carbocycles. The summed E-state index contributed by atoms with van der Waals surface area (Å²) in [4.78, 5) is 10.6. The Hall–Kier alpha value is -0.870. The Kier molecular flexibility index (Phi) is 2.80. The topological polar surface area (TPSA) is 44.8 Å². The van der Waals surface area contributed by atoms with E-state index in [4.69, 9.17) is 14.2 Å². The number of methoxy groups -OCH3 is 1. The maximum absolute atomic E-state index is 10.6. The Morgan fingerprint density at radius 2 is 2.33 bits per heavy atom. The summed E-state index contributed by atoms with van der Waals surface area (Å²) < 4.78 is 16.3. The molecule has 0 amide bonds. The molecule has 15 heavy (non-hydrogen) atoms. The van der Waals surface area contributed by atoms with Gasteiger partial charge in [-0.05, 0) is 5.92 Å². The van der Waals surface area contributed by atoms with Crippen molar-refractivity contribution in [2.45, 2.75) is 25.9 Å². The number of hydrogen-bond donors (Lipinski definition) is 0. The zero-order valence-electron chi connectivity index (χ0n) is 9.01. The lowest BCUT2D eigenvalue weighted by molar-refractivity contribution is -0.340. The zero-order chi connectivity index (χ0) is 11.0. The molecule has 3 saturated heterocycles. The van der Waals surface area contributed by atoms with Crippen molar-refractivity contribution in [2.24, 2.45) is 17.8 Å². The van der Waals surface area contributed by atoms with E-state index >= 15 is 0 Å². The van der Waals surface area contributed by atoms with Crippen molar-refractivity contribution in [1.82, 2.24) is 0 Å². The minimum atomic E-state index is -0.382. The van der Waals surface area contributed by atoms with Gasteiger partial charge in [-0.2, -0.15) is 0 Å². The van der Waals surface area contributed by atoms with Crippen LogP contribution in [0, 0.1) is 17.8 Å². The molecule has 2 bridgehead atoms. The molecule has 0 N–H and O–H groups in total. The van der Waals surface area contributed by atoms with E-state index in [1.807, 2.05) is 0 Å². The van der Waals surface area contributed by atoms with Gasteiger partial charge in [0.25, 0.3) is 0 Å². The minimum Gasteiger partial charge on any atom is -0.469 e.